The van der Waals surface area contributed by atoms with E-state index in [2.05, 4.69) is 65.7 Å². The van der Waals surface area contributed by atoms with E-state index in [9.17, 15) is 22.8 Å². The van der Waals surface area contributed by atoms with Gasteiger partial charge in [0.25, 0.3) is 16.0 Å². The summed E-state index contributed by atoms with van der Waals surface area (Å²) in [4.78, 5) is 54.7. The van der Waals surface area contributed by atoms with Gasteiger partial charge in [0.15, 0.2) is 0 Å². The zero-order valence-corrected chi connectivity index (χ0v) is 40.8. The van der Waals surface area contributed by atoms with E-state index in [0.29, 0.717) is 53.9 Å². The first kappa shape index (κ1) is 50.2. The van der Waals surface area contributed by atoms with Crippen LogP contribution in [0.15, 0.2) is 79.3 Å². The van der Waals surface area contributed by atoms with Gasteiger partial charge in [-0.05, 0) is 116 Å². The van der Waals surface area contributed by atoms with Gasteiger partial charge < -0.3 is 15.5 Å². The molecule has 16 nitrogen and oxygen atoms in total. The monoisotopic (exact) mass is 957 g/mol. The molecular weight excluding hydrogens is 895 g/mol. The Hall–Kier alpha value is -4.66. The van der Waals surface area contributed by atoms with Crippen molar-refractivity contribution in [3.63, 3.8) is 0 Å². The molecule has 0 radical (unpaired) electrons. The molecule has 5 fully saturated rings. The van der Waals surface area contributed by atoms with E-state index in [1.165, 1.54) is 5.56 Å². The molecule has 0 spiro atoms. The molecule has 3 heterocycles. The molecule has 4 atom stereocenters. The van der Waals surface area contributed by atoms with Crippen molar-refractivity contribution in [2.45, 2.75) is 79.7 Å². The molecule has 67 heavy (non-hydrogen) atoms. The molecule has 4 aliphatic carbocycles. The minimum absolute atomic E-state index is 0.0152. The van der Waals surface area contributed by atoms with Crippen molar-refractivity contribution in [3.05, 3.63) is 95.9 Å². The fourth-order valence-electron chi connectivity index (χ4n) is 11.0. The quantitative estimate of drug-likeness (QED) is 0.0326. The Morgan fingerprint density at radius 2 is 1.55 bits per heavy atom. The molecule has 1 saturated heterocycles. The number of carbonyl (C=O) groups is 3. The van der Waals surface area contributed by atoms with Crippen LogP contribution in [0.2, 0.25) is 0 Å². The third kappa shape index (κ3) is 11.0. The average Bonchev–Trinajstić information content (AvgIpc) is 3.83. The molecule has 4 unspecified atom stereocenters. The van der Waals surface area contributed by atoms with Crippen molar-refractivity contribution in [1.29, 1.82) is 0 Å². The second-order valence-electron chi connectivity index (χ2n) is 19.9. The summed E-state index contributed by atoms with van der Waals surface area (Å²) in [7, 11) is -1.92. The largest absolute Gasteiger partial charge is 0.324 e. The fraction of sp³-hybridized carbons (Fsp3) is 0.510. The number of aryl methyl sites for hydroxylation is 1. The molecule has 2 aromatic heterocycles. The van der Waals surface area contributed by atoms with Crippen LogP contribution in [0.1, 0.15) is 87.7 Å². The third-order valence-corrected chi connectivity index (χ3v) is 17.3. The number of nitrogens with one attached hydrogen (secondary N) is 2. The molecule has 360 valence electrons. The number of ketones is 2. The second kappa shape index (κ2) is 20.5. The van der Waals surface area contributed by atoms with Crippen molar-refractivity contribution in [3.8, 4) is 11.3 Å². The minimum Gasteiger partial charge on any atom is -0.324 e. The van der Waals surface area contributed by atoms with E-state index in [4.69, 9.17) is 9.81 Å². The van der Waals surface area contributed by atoms with Crippen LogP contribution < -0.4 is 10.6 Å². The molecule has 4 N–H and O–H groups in total. The van der Waals surface area contributed by atoms with E-state index in [1.807, 2.05) is 81.4 Å². The summed E-state index contributed by atoms with van der Waals surface area (Å²) in [5, 5.41) is 17.9. The molecule has 18 heteroatoms. The summed E-state index contributed by atoms with van der Waals surface area (Å²) in [6.45, 7) is 15.5. The lowest BCUT2D eigenvalue weighted by Crippen LogP contribution is -2.43. The summed E-state index contributed by atoms with van der Waals surface area (Å²) in [5.41, 5.74) is 4.74. The second-order valence-corrected chi connectivity index (χ2v) is 22.0. The number of hydrogen-bond donors (Lipinski definition) is 4. The minimum atomic E-state index is -4.08. The van der Waals surface area contributed by atoms with Gasteiger partial charge in [0, 0.05) is 110 Å². The number of nitrogens with zero attached hydrogens (tertiary/aromatic N) is 5. The summed E-state index contributed by atoms with van der Waals surface area (Å²) in [6, 6.07) is 19.3. The number of rotatable bonds is 13. The Bertz CT molecular complexity index is 2520. The topological polar surface area (TPSA) is 213 Å². The summed E-state index contributed by atoms with van der Waals surface area (Å²) in [5.74, 6) is 1.66. The van der Waals surface area contributed by atoms with Gasteiger partial charge >= 0.3 is 0 Å². The maximum absolute atomic E-state index is 12.9. The van der Waals surface area contributed by atoms with Crippen molar-refractivity contribution < 1.29 is 42.0 Å². The molecule has 4 aromatic rings. The number of benzene rings is 2. The van der Waals surface area contributed by atoms with Crippen LogP contribution in [0.3, 0.4) is 0 Å². The van der Waals surface area contributed by atoms with Gasteiger partial charge in [-0.1, -0.05) is 50.9 Å². The van der Waals surface area contributed by atoms with E-state index in [0.717, 1.165) is 86.5 Å². The highest BCUT2D eigenvalue weighted by atomic mass is 32.2. The predicted octanol–water partition coefficient (Wildman–Crippen LogP) is 8.31. The highest BCUT2D eigenvalue weighted by Gasteiger charge is 2.65. The number of Topliss-reactive ketones (excluding diaryl/α,β-unsaturated/α-hetero) is 2. The van der Waals surface area contributed by atoms with Gasteiger partial charge in [-0.3, -0.25) is 28.8 Å². The van der Waals surface area contributed by atoms with Crippen LogP contribution >= 0.6 is 12.0 Å². The highest BCUT2D eigenvalue weighted by molar-refractivity contribution is 7.94. The van der Waals surface area contributed by atoms with Crippen LogP contribution in [-0.4, -0.2) is 105 Å². The number of hydrogen-bond acceptors (Lipinski definition) is 15. The zero-order chi connectivity index (χ0) is 48.2. The number of fused-ring (bicyclic) bond motifs is 4. The molecule has 5 aliphatic rings. The number of amides is 1. The third-order valence-electron chi connectivity index (χ3n) is 15.7. The van der Waals surface area contributed by atoms with Crippen LogP contribution in [0.25, 0.3) is 11.3 Å². The average molecular weight is 958 g/mol. The zero-order valence-electron chi connectivity index (χ0n) is 39.2. The smallest absolute Gasteiger partial charge is 0.265 e. The summed E-state index contributed by atoms with van der Waals surface area (Å²) >= 11 is 1.01. The van der Waals surface area contributed by atoms with Crippen LogP contribution in [0.4, 0.5) is 17.3 Å². The van der Waals surface area contributed by atoms with Gasteiger partial charge in [0.05, 0.1) is 16.9 Å². The maximum atomic E-state index is 12.9. The fourth-order valence-corrected chi connectivity index (χ4v) is 13.2. The normalized spacial score (nSPS) is 25.0. The first-order valence-electron chi connectivity index (χ1n) is 22.8. The Labute approximate surface area is 397 Å². The predicted molar refractivity (Wildman–Crippen MR) is 258 cm³/mol. The molecule has 4 bridgehead atoms. The molecule has 9 rings (SSSR count). The van der Waals surface area contributed by atoms with Gasteiger partial charge in [0.2, 0.25) is 5.95 Å². The van der Waals surface area contributed by atoms with E-state index in [1.54, 1.807) is 18.6 Å². The Morgan fingerprint density at radius 3 is 2.12 bits per heavy atom. The molecule has 4 saturated carbocycles. The first-order valence-corrected chi connectivity index (χ1v) is 25.3. The van der Waals surface area contributed by atoms with Gasteiger partial charge in [-0.25, -0.2) is 15.2 Å². The van der Waals surface area contributed by atoms with E-state index >= 15 is 0 Å². The van der Waals surface area contributed by atoms with E-state index in [-0.39, 0.29) is 33.9 Å². The first-order chi connectivity index (χ1) is 31.8. The molecule has 1 amide bonds. The Kier molecular flexibility index (Phi) is 15.4. The summed E-state index contributed by atoms with van der Waals surface area (Å²) < 4.78 is 35.4. The highest BCUT2D eigenvalue weighted by Crippen LogP contribution is 2.65. The maximum Gasteiger partial charge on any atom is 0.265 e. The Morgan fingerprint density at radius 1 is 0.896 bits per heavy atom. The van der Waals surface area contributed by atoms with Gasteiger partial charge in [-0.2, -0.15) is 8.42 Å². The van der Waals surface area contributed by atoms with Crippen molar-refractivity contribution >= 4 is 57.0 Å². The van der Waals surface area contributed by atoms with Crippen molar-refractivity contribution in [1.82, 2.24) is 24.8 Å². The Balaban J connectivity index is 0.000000181. The molecule has 1 aliphatic heterocycles. The van der Waals surface area contributed by atoms with Crippen LogP contribution in [0.5, 0.6) is 0 Å². The summed E-state index contributed by atoms with van der Waals surface area (Å²) in [6.07, 6.45) is 9.95. The molecular formula is C49H63N7O9S2. The van der Waals surface area contributed by atoms with Gasteiger partial charge in [0.1, 0.15) is 11.6 Å². The van der Waals surface area contributed by atoms with Crippen molar-refractivity contribution in [2.24, 2.45) is 33.5 Å². The molecule has 2 aromatic carbocycles. The van der Waals surface area contributed by atoms with Crippen LogP contribution in [0, 0.1) is 40.4 Å². The lowest BCUT2D eigenvalue weighted by molar-refractivity contribution is -0.432. The lowest BCUT2D eigenvalue weighted by Gasteiger charge is -2.35. The van der Waals surface area contributed by atoms with Crippen molar-refractivity contribution in [2.75, 3.05) is 55.4 Å². The SMILES string of the molecule is CC1(C)C2CCC1(CS(=O)(=O)O)C(=O)C2.CC1(C)C2CCC1(CSOOO)C(=O)C2.Cc1ccc(NC(=O)c2ccc(CN3CCN(C)CC3)cc2)cc1Nc1nccc(-c2cccnc2)n1. The number of likely N-dealkylation sites (N-methyl/N-ethyl adjacent to an activating group) is 1. The number of carbonyl (C=O) groups excluding carboxylic acids is 3. The van der Waals surface area contributed by atoms with Gasteiger partial charge in [-0.15, -0.1) is 4.33 Å². The lowest BCUT2D eigenvalue weighted by atomic mass is 9.70. The van der Waals surface area contributed by atoms with E-state index < -0.39 is 21.3 Å². The standard InChI is InChI=1S/C29H31N7O.2C10H16O4S/c1-21-5-10-25(18-27(21)34-29-31-13-11-26(33-29)24-4-3-12-30-19-24)32-28(37)23-8-6-22(7-9-23)20-36-16-14-35(2)15-17-36;1-9(2)7-3-4-10(9,8(11)5-7)6-15(12,13)14;1-9(2)7-3-4-10(9,8(11)5-7)6-15-14-13-12/h3-13,18-19H,14-17,20H2,1-2H3,(H,32,37)(H,31,33,34);7H,3-6H2,1-2H3,(H,12,13,14);7,12H,3-6H2,1-2H3. The number of pyridine rings is 1. The number of piperazine rings is 1. The number of anilines is 3. The van der Waals surface area contributed by atoms with Crippen LogP contribution in [-0.2, 0) is 35.6 Å². The number of aromatic nitrogens is 3.